The molecule has 4 nitrogen and oxygen atoms in total. The van der Waals surface area contributed by atoms with E-state index in [0.29, 0.717) is 23.9 Å². The van der Waals surface area contributed by atoms with Crippen LogP contribution in [0.3, 0.4) is 0 Å². The first-order chi connectivity index (χ1) is 10.1. The highest BCUT2D eigenvalue weighted by Gasteiger charge is 2.08. The van der Waals surface area contributed by atoms with Gasteiger partial charge in [-0.25, -0.2) is 18.7 Å². The molecule has 0 spiro atoms. The van der Waals surface area contributed by atoms with Crippen molar-refractivity contribution in [2.24, 2.45) is 0 Å². The van der Waals surface area contributed by atoms with Gasteiger partial charge in [0.25, 0.3) is 0 Å². The van der Waals surface area contributed by atoms with Crippen LogP contribution < -0.4 is 10.6 Å². The molecule has 6 heteroatoms. The minimum atomic E-state index is -0.531. The van der Waals surface area contributed by atoms with Gasteiger partial charge in [0.15, 0.2) is 0 Å². The standard InChI is InChI=1S/C15H18F2N4/c1-3-7-18-14-9-15(21-13(4-2)20-14)19-12-8-10(16)5-6-11(12)17/h5-6,8-9H,3-4,7H2,1-2H3,(H2,18,19,20,21). The Morgan fingerprint density at radius 2 is 1.81 bits per heavy atom. The third-order valence-electron chi connectivity index (χ3n) is 2.84. The maximum atomic E-state index is 13.7. The van der Waals surface area contributed by atoms with Gasteiger partial charge in [0.05, 0.1) is 5.69 Å². The van der Waals surface area contributed by atoms with E-state index in [-0.39, 0.29) is 5.69 Å². The van der Waals surface area contributed by atoms with Crippen molar-refractivity contribution in [2.45, 2.75) is 26.7 Å². The zero-order chi connectivity index (χ0) is 15.2. The number of aromatic nitrogens is 2. The van der Waals surface area contributed by atoms with Gasteiger partial charge in [-0.2, -0.15) is 0 Å². The van der Waals surface area contributed by atoms with E-state index in [1.807, 2.05) is 6.92 Å². The lowest BCUT2D eigenvalue weighted by atomic mass is 10.3. The summed E-state index contributed by atoms with van der Waals surface area (Å²) in [4.78, 5) is 8.62. The summed E-state index contributed by atoms with van der Waals surface area (Å²) in [7, 11) is 0. The number of halogens is 2. The van der Waals surface area contributed by atoms with E-state index in [4.69, 9.17) is 0 Å². The van der Waals surface area contributed by atoms with E-state index in [1.165, 1.54) is 0 Å². The lowest BCUT2D eigenvalue weighted by Gasteiger charge is -2.11. The molecule has 2 rings (SSSR count). The smallest absolute Gasteiger partial charge is 0.146 e. The van der Waals surface area contributed by atoms with Gasteiger partial charge in [0, 0.05) is 25.1 Å². The fraction of sp³-hybridized carbons (Fsp3) is 0.333. The van der Waals surface area contributed by atoms with Gasteiger partial charge in [-0.15, -0.1) is 0 Å². The van der Waals surface area contributed by atoms with Gasteiger partial charge >= 0.3 is 0 Å². The van der Waals surface area contributed by atoms with Gasteiger partial charge in [-0.3, -0.25) is 0 Å². The number of hydrogen-bond donors (Lipinski definition) is 2. The maximum absolute atomic E-state index is 13.7. The average Bonchev–Trinajstić information content (AvgIpc) is 2.48. The highest BCUT2D eigenvalue weighted by Crippen LogP contribution is 2.21. The fourth-order valence-corrected chi connectivity index (χ4v) is 1.79. The van der Waals surface area contributed by atoms with Crippen molar-refractivity contribution < 1.29 is 8.78 Å². The Hall–Kier alpha value is -2.24. The molecule has 0 saturated heterocycles. The molecule has 2 aromatic rings. The highest BCUT2D eigenvalue weighted by atomic mass is 19.1. The molecule has 1 aromatic heterocycles. The molecule has 0 bridgehead atoms. The van der Waals surface area contributed by atoms with E-state index >= 15 is 0 Å². The second-order valence-corrected chi connectivity index (χ2v) is 4.58. The van der Waals surface area contributed by atoms with Crippen LogP contribution in [0.15, 0.2) is 24.3 Å². The van der Waals surface area contributed by atoms with Crippen molar-refractivity contribution in [1.29, 1.82) is 0 Å². The van der Waals surface area contributed by atoms with Crippen LogP contribution in [0.25, 0.3) is 0 Å². The second kappa shape index (κ2) is 6.97. The Morgan fingerprint density at radius 1 is 1.05 bits per heavy atom. The SMILES string of the molecule is CCCNc1cc(Nc2cc(F)ccc2F)nc(CC)n1. The van der Waals surface area contributed by atoms with Crippen LogP contribution in [0.4, 0.5) is 26.1 Å². The lowest BCUT2D eigenvalue weighted by Crippen LogP contribution is -2.07. The molecule has 0 aliphatic rings. The molecular formula is C15H18F2N4. The van der Waals surface area contributed by atoms with Gasteiger partial charge in [0.2, 0.25) is 0 Å². The third-order valence-corrected chi connectivity index (χ3v) is 2.84. The number of aryl methyl sites for hydroxylation is 1. The molecule has 1 aromatic carbocycles. The van der Waals surface area contributed by atoms with Crippen LogP contribution in [0.5, 0.6) is 0 Å². The normalized spacial score (nSPS) is 10.5. The molecule has 0 radical (unpaired) electrons. The average molecular weight is 292 g/mol. The monoisotopic (exact) mass is 292 g/mol. The molecule has 0 atom stereocenters. The van der Waals surface area contributed by atoms with Gasteiger partial charge in [-0.1, -0.05) is 13.8 Å². The van der Waals surface area contributed by atoms with Crippen molar-refractivity contribution in [3.8, 4) is 0 Å². The van der Waals surface area contributed by atoms with Gasteiger partial charge in [-0.05, 0) is 18.6 Å². The third kappa shape index (κ3) is 4.11. The van der Waals surface area contributed by atoms with E-state index in [1.54, 1.807) is 6.07 Å². The van der Waals surface area contributed by atoms with E-state index in [9.17, 15) is 8.78 Å². The molecule has 0 amide bonds. The van der Waals surface area contributed by atoms with Crippen molar-refractivity contribution >= 4 is 17.3 Å². The molecule has 0 aliphatic heterocycles. The van der Waals surface area contributed by atoms with Crippen LogP contribution in [0.2, 0.25) is 0 Å². The number of nitrogens with zero attached hydrogens (tertiary/aromatic N) is 2. The predicted octanol–water partition coefficient (Wildman–Crippen LogP) is 3.88. The second-order valence-electron chi connectivity index (χ2n) is 4.58. The predicted molar refractivity (Wildman–Crippen MR) is 79.8 cm³/mol. The van der Waals surface area contributed by atoms with Crippen molar-refractivity contribution in [3.63, 3.8) is 0 Å². The summed E-state index contributed by atoms with van der Waals surface area (Å²) < 4.78 is 26.8. The van der Waals surface area contributed by atoms with E-state index in [0.717, 1.165) is 31.2 Å². The summed E-state index contributed by atoms with van der Waals surface area (Å²) >= 11 is 0. The highest BCUT2D eigenvalue weighted by molar-refractivity contribution is 5.59. The van der Waals surface area contributed by atoms with Crippen LogP contribution in [-0.4, -0.2) is 16.5 Å². The first-order valence-corrected chi connectivity index (χ1v) is 6.96. The molecule has 21 heavy (non-hydrogen) atoms. The topological polar surface area (TPSA) is 49.8 Å². The van der Waals surface area contributed by atoms with Crippen molar-refractivity contribution in [3.05, 3.63) is 41.7 Å². The molecule has 112 valence electrons. The molecule has 2 N–H and O–H groups in total. The number of nitrogens with one attached hydrogen (secondary N) is 2. The van der Waals surface area contributed by atoms with E-state index in [2.05, 4.69) is 27.5 Å². The Balaban J connectivity index is 2.27. The summed E-state index contributed by atoms with van der Waals surface area (Å²) in [5.41, 5.74) is 0.0530. The first kappa shape index (κ1) is 15.2. The Bertz CT molecular complexity index is 617. The first-order valence-electron chi connectivity index (χ1n) is 6.96. The van der Waals surface area contributed by atoms with Crippen LogP contribution in [0, 0.1) is 11.6 Å². The van der Waals surface area contributed by atoms with E-state index < -0.39 is 11.6 Å². The molecule has 0 saturated carbocycles. The molecule has 0 unspecified atom stereocenters. The maximum Gasteiger partial charge on any atom is 0.146 e. The van der Waals surface area contributed by atoms with Gasteiger partial charge < -0.3 is 10.6 Å². The van der Waals surface area contributed by atoms with Crippen molar-refractivity contribution in [2.75, 3.05) is 17.2 Å². The summed E-state index contributed by atoms with van der Waals surface area (Å²) in [6.07, 6.45) is 1.62. The van der Waals surface area contributed by atoms with Crippen LogP contribution in [0.1, 0.15) is 26.1 Å². The molecular weight excluding hydrogens is 274 g/mol. The number of anilines is 3. The molecule has 0 aliphatic carbocycles. The van der Waals surface area contributed by atoms with Crippen LogP contribution in [-0.2, 0) is 6.42 Å². The van der Waals surface area contributed by atoms with Crippen molar-refractivity contribution in [1.82, 2.24) is 9.97 Å². The summed E-state index contributed by atoms with van der Waals surface area (Å²) in [5.74, 6) is 0.701. The Kier molecular flexibility index (Phi) is 5.03. The molecule has 0 fully saturated rings. The molecule has 1 heterocycles. The Morgan fingerprint density at radius 3 is 2.52 bits per heavy atom. The number of rotatable bonds is 6. The lowest BCUT2D eigenvalue weighted by molar-refractivity contribution is 0.603. The largest absolute Gasteiger partial charge is 0.370 e. The quantitative estimate of drug-likeness (QED) is 0.848. The number of benzene rings is 1. The van der Waals surface area contributed by atoms with Gasteiger partial charge in [0.1, 0.15) is 29.1 Å². The minimum absolute atomic E-state index is 0.0530. The minimum Gasteiger partial charge on any atom is -0.370 e. The fourth-order valence-electron chi connectivity index (χ4n) is 1.79. The Labute approximate surface area is 122 Å². The summed E-state index contributed by atoms with van der Waals surface area (Å²) in [6, 6.07) is 4.93. The zero-order valence-electron chi connectivity index (χ0n) is 12.1. The zero-order valence-corrected chi connectivity index (χ0v) is 12.1. The number of hydrogen-bond acceptors (Lipinski definition) is 4. The van der Waals surface area contributed by atoms with Crippen LogP contribution >= 0.6 is 0 Å². The summed E-state index contributed by atoms with van der Waals surface area (Å²) in [6.45, 7) is 4.77. The summed E-state index contributed by atoms with van der Waals surface area (Å²) in [5, 5.41) is 5.96.